The summed E-state index contributed by atoms with van der Waals surface area (Å²) in [6.45, 7) is 8.43. The molecule has 6 aliphatic rings. The number of rotatable bonds is 16. The first-order valence-electron chi connectivity index (χ1n) is 26.5. The van der Waals surface area contributed by atoms with E-state index >= 15 is 0 Å². The Morgan fingerprint density at radius 3 is 0.933 bits per heavy atom. The van der Waals surface area contributed by atoms with E-state index in [1.54, 1.807) is 41.0 Å². The van der Waals surface area contributed by atoms with Crippen LogP contribution < -0.4 is 222 Å². The van der Waals surface area contributed by atoms with E-state index in [0.29, 0.717) is 0 Å². The van der Waals surface area contributed by atoms with Crippen molar-refractivity contribution in [2.75, 3.05) is 19.8 Å². The summed E-state index contributed by atoms with van der Waals surface area (Å²) in [5, 5.41) is 182. The molecule has 6 rings (SSSR count). The van der Waals surface area contributed by atoms with Crippen LogP contribution in [0.2, 0.25) is 0 Å². The molecule has 0 saturated carbocycles. The minimum atomic E-state index is -5.04. The maximum absolute atomic E-state index is 11.0. The number of carbonyl (C=O) groups is 3. The van der Waals surface area contributed by atoms with E-state index in [2.05, 4.69) is 8.37 Å². The Morgan fingerprint density at radius 2 is 0.663 bits per heavy atom. The van der Waals surface area contributed by atoms with Crippen LogP contribution in [0.25, 0.3) is 0 Å². The van der Waals surface area contributed by atoms with Gasteiger partial charge in [0.1, 0.15) is 85.5 Å². The number of aliphatic hydroxyl groups is 14. The van der Waals surface area contributed by atoms with Crippen molar-refractivity contribution < 1.29 is 420 Å². The van der Waals surface area contributed by atoms with Gasteiger partial charge in [-0.15, -0.1) is 0 Å². The van der Waals surface area contributed by atoms with Gasteiger partial charge in [-0.2, -0.15) is 15.8 Å². The molecular formula is C45H70N3Na7O45S4-2. The molecule has 568 valence electrons. The first kappa shape index (κ1) is 124. The van der Waals surface area contributed by atoms with Gasteiger partial charge in [0, 0.05) is 12.5 Å². The number of carbonyl (C=O) groups excluding carboxylic acids is 3. The van der Waals surface area contributed by atoms with Gasteiger partial charge in [0.2, 0.25) is 41.6 Å². The van der Waals surface area contributed by atoms with Gasteiger partial charge in [0.05, 0.1) is 55.5 Å². The van der Waals surface area contributed by atoms with Gasteiger partial charge in [-0.3, -0.25) is 30.3 Å². The van der Waals surface area contributed by atoms with E-state index in [1.165, 1.54) is 6.42 Å². The van der Waals surface area contributed by atoms with Crippen LogP contribution in [0.1, 0.15) is 41.5 Å². The van der Waals surface area contributed by atoms with Crippen molar-refractivity contribution in [2.45, 2.75) is 195 Å². The molecule has 0 aromatic rings. The molecule has 6 aliphatic heterocycles. The van der Waals surface area contributed by atoms with Gasteiger partial charge in [-0.05, 0) is 44.8 Å². The molecule has 6 heterocycles. The number of carboxylic acid groups (broad SMARTS) is 3. The molecule has 0 aromatic carbocycles. The topological polar surface area (TPSA) is 846 Å². The standard InChI is InChI=1S/C14H24O13S.C14H23O12S.C14H23O9.3CHNO.7Na.2H2O4S/c1-4-5(2)25-6(3-24-28(21,22)23)7(15)11(4)26-14-10(18)8(16)9(17)12(27-14)13(19)20;1-5-6(2)24-7(4-23-27(20,21)22)3-8(5)25-14-11(17)9(15)10(16)12(26-14)13(18)19;1-5-6(2)21-7(4-15)3-8(5)22-14-11(18)9(16)10(17)12(23-14)13(19)20;3*2-1-3;;;;;;;;2*1-5(2,3)4/h4-12,14-18H,3H2,1-2H3,(H,19,20)(H,21,22,23);3,5-12,14-17H,4H2,1-2H3,(H,18,19)(H,20,21,22);3,5-12,14-18H,4H2,1-2H3,(H,19,20);3*3H;;;;;;;;2*(H2,1,2,3,4)/q;2*-1;;;;7*+1;;/p-7/t4?,5-,6?,7-,8+,9+,10?,11-,12?,14-;2*5?,6-,7?,8+,9+,10+,11?,12?,14-;;;;;;;;;;;;/m111............/s1. The van der Waals surface area contributed by atoms with Gasteiger partial charge in [0.25, 0.3) is 18.8 Å². The summed E-state index contributed by atoms with van der Waals surface area (Å²) >= 11 is 0. The monoisotopic (exact) mass is 1660 g/mol. The van der Waals surface area contributed by atoms with Crippen molar-refractivity contribution in [3.05, 3.63) is 12.8 Å². The molecule has 6 saturated heterocycles. The Labute approximate surface area is 749 Å². The molecule has 0 radical (unpaired) electrons. The number of aliphatic hydroxyl groups excluding tert-OH is 14. The summed E-state index contributed by atoms with van der Waals surface area (Å²) in [4.78, 5) is 33.0. The number of hydrogen-bond donors (Lipinski definition) is 16. The zero-order chi connectivity index (χ0) is 76.3. The van der Waals surface area contributed by atoms with Gasteiger partial charge in [-0.1, -0.05) is 33.0 Å². The van der Waals surface area contributed by atoms with E-state index in [1.807, 2.05) is 6.92 Å². The zero-order valence-electron chi connectivity index (χ0n) is 57.4. The average Bonchev–Trinajstić information content (AvgIpc) is 0.800. The van der Waals surface area contributed by atoms with Gasteiger partial charge < -0.3 is 162 Å². The van der Waals surface area contributed by atoms with Crippen LogP contribution in [0.4, 0.5) is 0 Å². The van der Waals surface area contributed by atoms with Gasteiger partial charge >= 0.3 is 207 Å². The van der Waals surface area contributed by atoms with Crippen molar-refractivity contribution in [1.29, 1.82) is 15.8 Å². The van der Waals surface area contributed by atoms with E-state index < -0.39 is 226 Å². The van der Waals surface area contributed by atoms with Gasteiger partial charge in [0.15, 0.2) is 18.9 Å². The summed E-state index contributed by atoms with van der Waals surface area (Å²) in [6, 6.07) is 0. The first-order chi connectivity index (χ1) is 44.2. The summed E-state index contributed by atoms with van der Waals surface area (Å²) in [6.07, 6.45) is -30.3. The minimum absolute atomic E-state index is 0. The number of hydrogen-bond acceptors (Lipinski definition) is 46. The maximum atomic E-state index is 11.0. The summed E-state index contributed by atoms with van der Waals surface area (Å²) in [5.74, 6) is -6.47. The van der Waals surface area contributed by atoms with Crippen LogP contribution >= 0.6 is 0 Å². The van der Waals surface area contributed by atoms with Crippen LogP contribution in [0, 0.1) is 65.1 Å². The van der Waals surface area contributed by atoms with E-state index in [9.17, 15) is 112 Å². The Bertz CT molecular complexity index is 2940. The predicted octanol–water partition coefficient (Wildman–Crippen LogP) is -35.7. The Hall–Kier alpha value is 1.96. The maximum Gasteiger partial charge on any atom is 1.00 e. The minimum Gasteiger partial charge on any atom is -0.726 e. The van der Waals surface area contributed by atoms with E-state index in [4.69, 9.17) is 109 Å². The third-order valence-electron chi connectivity index (χ3n) is 13.7. The second-order valence-corrected chi connectivity index (χ2v) is 24.1. The molecule has 48 nitrogen and oxygen atoms in total. The summed E-state index contributed by atoms with van der Waals surface area (Å²) in [7, 11) is -19.8. The molecule has 0 amide bonds. The molecule has 16 N–H and O–H groups in total. The Kier molecular flexibility index (Phi) is 71.2. The molecule has 59 heteroatoms. The average molecular weight is 1660 g/mol. The third kappa shape index (κ3) is 47.7. The zero-order valence-corrected chi connectivity index (χ0v) is 74.7. The van der Waals surface area contributed by atoms with Crippen molar-refractivity contribution >= 4 is 59.5 Å². The van der Waals surface area contributed by atoms with Crippen LogP contribution in [0.3, 0.4) is 0 Å². The fourth-order valence-corrected chi connectivity index (χ4v) is 9.18. The van der Waals surface area contributed by atoms with Crippen molar-refractivity contribution in [3.8, 4) is 18.8 Å². The second kappa shape index (κ2) is 59.6. The van der Waals surface area contributed by atoms with Crippen molar-refractivity contribution in [3.63, 3.8) is 0 Å². The molecule has 6 fully saturated rings. The van der Waals surface area contributed by atoms with Crippen LogP contribution in [-0.2, 0) is 107 Å². The summed E-state index contributed by atoms with van der Waals surface area (Å²) < 4.78 is 185. The molecule has 0 bridgehead atoms. The molecule has 28 atom stereocenters. The van der Waals surface area contributed by atoms with Crippen LogP contribution in [-0.4, -0.2) is 323 Å². The second-order valence-electron chi connectivity index (χ2n) is 20.3. The summed E-state index contributed by atoms with van der Waals surface area (Å²) in [5.41, 5.74) is 0. The quantitative estimate of drug-likeness (QED) is 0.0224. The molecule has 0 aromatic heterocycles. The fourth-order valence-electron chi connectivity index (χ4n) is 8.58. The van der Waals surface area contributed by atoms with Crippen LogP contribution in [0.5, 0.6) is 0 Å². The molecule has 12 unspecified atom stereocenters. The third-order valence-corrected chi connectivity index (χ3v) is 14.5. The van der Waals surface area contributed by atoms with Gasteiger partial charge in [-0.25, -0.2) is 33.7 Å². The van der Waals surface area contributed by atoms with Crippen molar-refractivity contribution in [2.24, 2.45) is 17.8 Å². The SMILES string of the molecule is CC1[C@@H](O[C@@H]2OC(C(=O)[O-])[C@@H](O)[C@H](O)C2O)[C@H](O)C(COS(=O)(=O)[O-])O[C@@H]1C.CC1[C@@H](O[C@@H]2OC(C(=O)[O-])[C@@H](O)[C@H](O)C2O)[CH-]C(CO)O[C@@H]1C.CC1[C@@H](O[C@@H]2OC(C(=O)[O-])[C@@H](O)[C@H](O)C2O)[CH-]C(COS(=O)(=O)[O-])O[C@@H]1C.N#CO.N#CO.N#CO.O=S(=O)([O-])O.O=S(=O)([O-])O.[Na+].[Na+].[Na+].[Na+].[Na+].[Na+].[Na+]. The molecule has 0 aliphatic carbocycles. The molecule has 104 heavy (non-hydrogen) atoms. The molecular weight excluding hydrogens is 1590 g/mol. The fraction of sp³-hybridized carbons (Fsp3) is 0.822. The normalized spacial score (nSPS) is 35.3. The first-order valence-corrected chi connectivity index (χ1v) is 31.9. The largest absolute Gasteiger partial charge is 1.00 e. The Balaban J connectivity index is -0.000000160. The van der Waals surface area contributed by atoms with Crippen molar-refractivity contribution in [1.82, 2.24) is 0 Å². The number of aliphatic carboxylic acids is 3. The number of nitrogens with zero attached hydrogens (tertiary/aromatic N) is 3. The Morgan fingerprint density at radius 1 is 0.413 bits per heavy atom. The molecule has 0 spiro atoms. The van der Waals surface area contributed by atoms with Crippen LogP contribution in [0.15, 0.2) is 0 Å². The van der Waals surface area contributed by atoms with E-state index in [0.717, 1.165) is 18.8 Å². The number of ether oxygens (including phenoxy) is 9. The smallest absolute Gasteiger partial charge is 0.726 e. The van der Waals surface area contributed by atoms with E-state index in [-0.39, 0.29) is 231 Å². The predicted molar refractivity (Wildman–Crippen MR) is 280 cm³/mol. The number of carboxylic acids is 3. The number of nitriles is 3.